The first-order valence-electron chi connectivity index (χ1n) is 7.29. The second kappa shape index (κ2) is 6.50. The summed E-state index contributed by atoms with van der Waals surface area (Å²) in [6, 6.07) is 11.0. The largest absolute Gasteiger partial charge is 0.439 e. The molecule has 0 aromatic heterocycles. The van der Waals surface area contributed by atoms with Crippen LogP contribution in [0.5, 0.6) is 0 Å². The van der Waals surface area contributed by atoms with Crippen molar-refractivity contribution in [1.29, 1.82) is 0 Å². The lowest BCUT2D eigenvalue weighted by atomic mass is 10.0. The van der Waals surface area contributed by atoms with Crippen LogP contribution in [-0.2, 0) is 0 Å². The van der Waals surface area contributed by atoms with Crippen molar-refractivity contribution in [2.75, 3.05) is 10.6 Å². The Hall–Kier alpha value is -2.38. The van der Waals surface area contributed by atoms with Crippen LogP contribution in [0.15, 0.2) is 48.5 Å². The molecule has 0 aliphatic carbocycles. The lowest BCUT2D eigenvalue weighted by Crippen LogP contribution is -2.67. The van der Waals surface area contributed by atoms with Crippen molar-refractivity contribution in [3.63, 3.8) is 0 Å². The second-order valence-corrected chi connectivity index (χ2v) is 5.63. The molecule has 8 heteroatoms. The Balaban J connectivity index is 2.61. The molecule has 0 saturated heterocycles. The number of aryl methyl sites for hydroxylation is 2. The van der Waals surface area contributed by atoms with Gasteiger partial charge in [0.15, 0.2) is 0 Å². The highest BCUT2D eigenvalue weighted by molar-refractivity contribution is 5.59. The minimum atomic E-state index is -5.66. The molecule has 0 radical (unpaired) electrons. The number of rotatable bonds is 4. The fourth-order valence-electron chi connectivity index (χ4n) is 2.31. The van der Waals surface area contributed by atoms with Crippen LogP contribution >= 0.6 is 0 Å². The average Bonchev–Trinajstić information content (AvgIpc) is 2.48. The second-order valence-electron chi connectivity index (χ2n) is 5.63. The summed E-state index contributed by atoms with van der Waals surface area (Å²) in [6.45, 7) is 2.85. The molecular formula is C17H16F6N2. The average molecular weight is 362 g/mol. The molecule has 25 heavy (non-hydrogen) atoms. The van der Waals surface area contributed by atoms with E-state index in [2.05, 4.69) is 0 Å². The highest BCUT2D eigenvalue weighted by Crippen LogP contribution is 2.46. The summed E-state index contributed by atoms with van der Waals surface area (Å²) >= 11 is 0. The van der Waals surface area contributed by atoms with Crippen LogP contribution in [0, 0.1) is 13.8 Å². The minimum Gasteiger partial charge on any atom is -0.348 e. The minimum absolute atomic E-state index is 0.256. The van der Waals surface area contributed by atoms with Gasteiger partial charge in [-0.25, -0.2) is 0 Å². The van der Waals surface area contributed by atoms with E-state index in [9.17, 15) is 26.3 Å². The Kier molecular flexibility index (Phi) is 4.92. The van der Waals surface area contributed by atoms with Crippen molar-refractivity contribution in [1.82, 2.24) is 0 Å². The van der Waals surface area contributed by atoms with Gasteiger partial charge in [-0.15, -0.1) is 0 Å². The van der Waals surface area contributed by atoms with Crippen LogP contribution in [0.3, 0.4) is 0 Å². The van der Waals surface area contributed by atoms with Crippen LogP contribution in [-0.4, -0.2) is 18.0 Å². The molecule has 0 atom stereocenters. The van der Waals surface area contributed by atoms with E-state index in [1.54, 1.807) is 10.6 Å². The van der Waals surface area contributed by atoms with E-state index < -0.39 is 18.0 Å². The van der Waals surface area contributed by atoms with Crippen LogP contribution in [0.25, 0.3) is 0 Å². The monoisotopic (exact) mass is 362 g/mol. The highest BCUT2D eigenvalue weighted by Gasteiger charge is 2.72. The maximum absolute atomic E-state index is 13.7. The van der Waals surface area contributed by atoms with E-state index >= 15 is 0 Å². The molecule has 0 unspecified atom stereocenters. The van der Waals surface area contributed by atoms with Gasteiger partial charge in [0.1, 0.15) is 0 Å². The SMILES string of the molecule is Cc1ccccc1NC(Nc1ccccc1C)(C(F)(F)F)C(F)(F)F. The Bertz CT molecular complexity index is 673. The predicted octanol–water partition coefficient (Wildman–Crippen LogP) is 5.65. The van der Waals surface area contributed by atoms with Crippen molar-refractivity contribution in [3.05, 3.63) is 59.7 Å². The highest BCUT2D eigenvalue weighted by atomic mass is 19.4. The van der Waals surface area contributed by atoms with Gasteiger partial charge < -0.3 is 10.6 Å². The zero-order valence-corrected chi connectivity index (χ0v) is 13.4. The predicted molar refractivity (Wildman–Crippen MR) is 84.4 cm³/mol. The quantitative estimate of drug-likeness (QED) is 0.543. The molecular weight excluding hydrogens is 346 g/mol. The fourth-order valence-corrected chi connectivity index (χ4v) is 2.31. The van der Waals surface area contributed by atoms with Gasteiger partial charge in [0.25, 0.3) is 0 Å². The zero-order chi connectivity index (χ0) is 18.9. The van der Waals surface area contributed by atoms with E-state index in [0.29, 0.717) is 0 Å². The maximum atomic E-state index is 13.7. The third-order valence-electron chi connectivity index (χ3n) is 3.78. The summed E-state index contributed by atoms with van der Waals surface area (Å²) in [4.78, 5) is 0. The van der Waals surface area contributed by atoms with Gasteiger partial charge in [0.05, 0.1) is 0 Å². The summed E-state index contributed by atoms with van der Waals surface area (Å²) in [5.74, 6) is 0. The van der Waals surface area contributed by atoms with E-state index in [4.69, 9.17) is 0 Å². The molecule has 0 spiro atoms. The molecule has 2 rings (SSSR count). The number of halogens is 6. The number of alkyl halides is 6. The number of para-hydroxylation sites is 2. The molecule has 136 valence electrons. The first-order chi connectivity index (χ1) is 11.5. The first kappa shape index (κ1) is 19.0. The molecule has 2 N–H and O–H groups in total. The molecule has 0 aliphatic heterocycles. The fraction of sp³-hybridized carbons (Fsp3) is 0.294. The smallest absolute Gasteiger partial charge is 0.348 e. The van der Waals surface area contributed by atoms with Gasteiger partial charge >= 0.3 is 18.0 Å². The molecule has 0 saturated carbocycles. The third kappa shape index (κ3) is 3.67. The normalized spacial score (nSPS) is 12.8. The number of nitrogens with one attached hydrogen (secondary N) is 2. The van der Waals surface area contributed by atoms with Gasteiger partial charge in [-0.1, -0.05) is 36.4 Å². The Morgan fingerprint density at radius 2 is 0.920 bits per heavy atom. The van der Waals surface area contributed by atoms with E-state index in [1.807, 2.05) is 0 Å². The van der Waals surface area contributed by atoms with Crippen molar-refractivity contribution in [3.8, 4) is 0 Å². The van der Waals surface area contributed by atoms with Crippen LogP contribution in [0.2, 0.25) is 0 Å². The first-order valence-corrected chi connectivity index (χ1v) is 7.29. The van der Waals surface area contributed by atoms with E-state index in [0.717, 1.165) is 0 Å². The van der Waals surface area contributed by atoms with Gasteiger partial charge in [0.2, 0.25) is 0 Å². The molecule has 0 bridgehead atoms. The lowest BCUT2D eigenvalue weighted by Gasteiger charge is -2.40. The van der Waals surface area contributed by atoms with Gasteiger partial charge in [-0.3, -0.25) is 0 Å². The topological polar surface area (TPSA) is 24.1 Å². The Morgan fingerprint density at radius 3 is 1.20 bits per heavy atom. The Labute approximate surface area is 140 Å². The molecule has 0 fully saturated rings. The Morgan fingerprint density at radius 1 is 0.600 bits per heavy atom. The summed E-state index contributed by atoms with van der Waals surface area (Å²) in [7, 11) is 0. The van der Waals surface area contributed by atoms with Crippen molar-refractivity contribution < 1.29 is 26.3 Å². The van der Waals surface area contributed by atoms with Crippen LogP contribution in [0.4, 0.5) is 37.7 Å². The lowest BCUT2D eigenvalue weighted by molar-refractivity contribution is -0.278. The number of hydrogen-bond donors (Lipinski definition) is 2. The maximum Gasteiger partial charge on any atom is 0.439 e. The van der Waals surface area contributed by atoms with Crippen molar-refractivity contribution >= 4 is 11.4 Å². The zero-order valence-electron chi connectivity index (χ0n) is 13.4. The summed E-state index contributed by atoms with van der Waals surface area (Å²) in [6.07, 6.45) is -11.3. The molecule has 2 aromatic rings. The molecule has 0 amide bonds. The van der Waals surface area contributed by atoms with Crippen molar-refractivity contribution in [2.45, 2.75) is 31.9 Å². The standard InChI is InChI=1S/C17H16F6N2/c1-11-7-3-5-9-13(11)24-15(16(18,19)20,17(21,22)23)25-14-10-6-4-8-12(14)2/h3-10,24-25H,1-2H3. The number of hydrogen-bond acceptors (Lipinski definition) is 2. The van der Waals surface area contributed by atoms with Crippen LogP contribution < -0.4 is 10.6 Å². The van der Waals surface area contributed by atoms with Gasteiger partial charge in [-0.05, 0) is 37.1 Å². The number of anilines is 2. The van der Waals surface area contributed by atoms with Crippen molar-refractivity contribution in [2.24, 2.45) is 0 Å². The summed E-state index contributed by atoms with van der Waals surface area (Å²) in [5, 5.41) is 3.31. The van der Waals surface area contributed by atoms with E-state index in [1.165, 1.54) is 62.4 Å². The molecule has 2 nitrogen and oxygen atoms in total. The number of benzene rings is 2. The van der Waals surface area contributed by atoms with Crippen LogP contribution in [0.1, 0.15) is 11.1 Å². The molecule has 2 aromatic carbocycles. The molecule has 0 heterocycles. The third-order valence-corrected chi connectivity index (χ3v) is 3.78. The molecule has 0 aliphatic rings. The summed E-state index contributed by atoms with van der Waals surface area (Å²) < 4.78 is 82.0. The van der Waals surface area contributed by atoms with Gasteiger partial charge in [0, 0.05) is 11.4 Å². The van der Waals surface area contributed by atoms with Gasteiger partial charge in [-0.2, -0.15) is 26.3 Å². The summed E-state index contributed by atoms with van der Waals surface area (Å²) in [5.41, 5.74) is -4.35. The van der Waals surface area contributed by atoms with E-state index in [-0.39, 0.29) is 22.5 Å².